The number of amides is 1. The van der Waals surface area contributed by atoms with Crippen molar-refractivity contribution >= 4 is 49.0 Å². The quantitative estimate of drug-likeness (QED) is 0.400. The zero-order valence-electron chi connectivity index (χ0n) is 14.1. The molecule has 0 aliphatic heterocycles. The predicted molar refractivity (Wildman–Crippen MR) is 99.8 cm³/mol. The van der Waals surface area contributed by atoms with Crippen LogP contribution < -0.4 is 5.48 Å². The van der Waals surface area contributed by atoms with Gasteiger partial charge in [-0.05, 0) is 42.5 Å². The van der Waals surface area contributed by atoms with Gasteiger partial charge in [0, 0.05) is 16.3 Å². The maximum Gasteiger partial charge on any atom is 0.258 e. The molecule has 2 rings (SSSR count). The minimum atomic E-state index is -3.86. The second kappa shape index (κ2) is 8.46. The number of thiophene rings is 1. The standard InChI is InChI=1S/C16H21ClN2O4S2/c1-3-4-5-8-19(10-15(20)18-21)25(22,23)16-11(2)13-9-12(17)6-7-14(13)24-16/h6-7,9,21H,3-5,8,10H2,1-2H3,(H,18,20). The predicted octanol–water partition coefficient (Wildman–Crippen LogP) is 3.55. The molecule has 1 amide bonds. The first-order valence-electron chi connectivity index (χ1n) is 7.93. The molecule has 0 unspecified atom stereocenters. The van der Waals surface area contributed by atoms with E-state index in [0.717, 1.165) is 38.6 Å². The van der Waals surface area contributed by atoms with Gasteiger partial charge in [0.15, 0.2) is 0 Å². The number of hydrogen-bond donors (Lipinski definition) is 2. The van der Waals surface area contributed by atoms with E-state index >= 15 is 0 Å². The highest BCUT2D eigenvalue weighted by Gasteiger charge is 2.30. The lowest BCUT2D eigenvalue weighted by Crippen LogP contribution is -2.40. The molecule has 0 spiro atoms. The van der Waals surface area contributed by atoms with Crippen LogP contribution in [-0.4, -0.2) is 36.9 Å². The number of unbranched alkanes of at least 4 members (excludes halogenated alkanes) is 2. The Hall–Kier alpha value is -1.19. The van der Waals surface area contributed by atoms with Crippen molar-refractivity contribution < 1.29 is 18.4 Å². The van der Waals surface area contributed by atoms with Gasteiger partial charge in [0.25, 0.3) is 15.9 Å². The minimum Gasteiger partial charge on any atom is -0.289 e. The number of carbonyl (C=O) groups is 1. The van der Waals surface area contributed by atoms with E-state index in [-0.39, 0.29) is 10.8 Å². The summed E-state index contributed by atoms with van der Waals surface area (Å²) in [5, 5.41) is 10.1. The van der Waals surface area contributed by atoms with Crippen molar-refractivity contribution in [3.63, 3.8) is 0 Å². The maximum atomic E-state index is 13.1. The number of halogens is 1. The number of aryl methyl sites for hydroxylation is 1. The largest absolute Gasteiger partial charge is 0.289 e. The molecule has 2 aromatic rings. The van der Waals surface area contributed by atoms with Crippen LogP contribution in [0.3, 0.4) is 0 Å². The van der Waals surface area contributed by atoms with E-state index in [1.54, 1.807) is 25.1 Å². The molecule has 6 nitrogen and oxygen atoms in total. The summed E-state index contributed by atoms with van der Waals surface area (Å²) in [7, 11) is -3.86. The summed E-state index contributed by atoms with van der Waals surface area (Å²) in [5.41, 5.74) is 2.12. The lowest BCUT2D eigenvalue weighted by molar-refractivity contribution is -0.129. The zero-order valence-corrected chi connectivity index (χ0v) is 16.5. The molecular formula is C16H21ClN2O4S2. The molecule has 0 saturated carbocycles. The summed E-state index contributed by atoms with van der Waals surface area (Å²) in [4.78, 5) is 11.6. The Labute approximate surface area is 156 Å². The molecule has 1 aromatic carbocycles. The average molecular weight is 405 g/mol. The van der Waals surface area contributed by atoms with Gasteiger partial charge in [0.2, 0.25) is 0 Å². The topological polar surface area (TPSA) is 86.7 Å². The van der Waals surface area contributed by atoms with Crippen molar-refractivity contribution in [2.45, 2.75) is 37.3 Å². The Kier molecular flexibility index (Phi) is 6.81. The number of fused-ring (bicyclic) bond motifs is 1. The van der Waals surface area contributed by atoms with Crippen molar-refractivity contribution in [2.75, 3.05) is 13.1 Å². The van der Waals surface area contributed by atoms with Crippen LogP contribution in [0.2, 0.25) is 5.02 Å². The highest BCUT2D eigenvalue weighted by molar-refractivity contribution is 7.91. The summed E-state index contributed by atoms with van der Waals surface area (Å²) in [5.74, 6) is -0.762. The third-order valence-electron chi connectivity index (χ3n) is 3.88. The van der Waals surface area contributed by atoms with Gasteiger partial charge in [-0.3, -0.25) is 10.0 Å². The van der Waals surface area contributed by atoms with Crippen LogP contribution in [0.15, 0.2) is 22.4 Å². The second-order valence-corrected chi connectivity index (χ2v) is 9.36. The van der Waals surface area contributed by atoms with Crippen molar-refractivity contribution in [3.8, 4) is 0 Å². The highest BCUT2D eigenvalue weighted by atomic mass is 35.5. The van der Waals surface area contributed by atoms with E-state index in [4.69, 9.17) is 16.8 Å². The number of sulfonamides is 1. The molecular weight excluding hydrogens is 384 g/mol. The van der Waals surface area contributed by atoms with Crippen LogP contribution in [0, 0.1) is 6.92 Å². The van der Waals surface area contributed by atoms with Crippen LogP contribution in [0.4, 0.5) is 0 Å². The first-order valence-corrected chi connectivity index (χ1v) is 10.6. The lowest BCUT2D eigenvalue weighted by Gasteiger charge is -2.20. The smallest absolute Gasteiger partial charge is 0.258 e. The average Bonchev–Trinajstić information content (AvgIpc) is 2.91. The number of hydroxylamine groups is 1. The fourth-order valence-electron chi connectivity index (χ4n) is 2.55. The van der Waals surface area contributed by atoms with Gasteiger partial charge in [-0.2, -0.15) is 4.31 Å². The van der Waals surface area contributed by atoms with E-state index in [1.807, 2.05) is 6.92 Å². The number of rotatable bonds is 8. The molecule has 2 N–H and O–H groups in total. The van der Waals surface area contributed by atoms with Crippen molar-refractivity contribution in [1.82, 2.24) is 9.79 Å². The number of carbonyl (C=O) groups excluding carboxylic acids is 1. The Morgan fingerprint density at radius 2 is 2.08 bits per heavy atom. The van der Waals surface area contributed by atoms with Gasteiger partial charge in [-0.25, -0.2) is 13.9 Å². The van der Waals surface area contributed by atoms with Crippen LogP contribution in [-0.2, 0) is 14.8 Å². The molecule has 25 heavy (non-hydrogen) atoms. The molecule has 1 aromatic heterocycles. The third kappa shape index (κ3) is 4.51. The number of benzene rings is 1. The second-order valence-electron chi connectivity index (χ2n) is 5.74. The molecule has 0 fully saturated rings. The minimum absolute atomic E-state index is 0.201. The van der Waals surface area contributed by atoms with E-state index < -0.39 is 22.5 Å². The number of nitrogens with one attached hydrogen (secondary N) is 1. The Balaban J connectivity index is 2.44. The van der Waals surface area contributed by atoms with Gasteiger partial charge >= 0.3 is 0 Å². The number of nitrogens with zero attached hydrogens (tertiary/aromatic N) is 1. The molecule has 1 heterocycles. The summed E-state index contributed by atoms with van der Waals surface area (Å²) >= 11 is 7.17. The molecule has 0 saturated heterocycles. The van der Waals surface area contributed by atoms with Gasteiger partial charge in [-0.1, -0.05) is 31.4 Å². The normalized spacial score (nSPS) is 12.0. The maximum absolute atomic E-state index is 13.1. The van der Waals surface area contributed by atoms with Crippen LogP contribution >= 0.6 is 22.9 Å². The lowest BCUT2D eigenvalue weighted by atomic mass is 10.2. The van der Waals surface area contributed by atoms with E-state index in [9.17, 15) is 13.2 Å². The van der Waals surface area contributed by atoms with Crippen molar-refractivity contribution in [3.05, 3.63) is 28.8 Å². The first kappa shape index (κ1) is 20.1. The van der Waals surface area contributed by atoms with Crippen LogP contribution in [0.1, 0.15) is 31.7 Å². The number of hydrogen-bond acceptors (Lipinski definition) is 5. The Morgan fingerprint density at radius 3 is 2.72 bits per heavy atom. The van der Waals surface area contributed by atoms with Gasteiger partial charge in [0.1, 0.15) is 4.21 Å². The fraction of sp³-hybridized carbons (Fsp3) is 0.438. The van der Waals surface area contributed by atoms with E-state index in [2.05, 4.69) is 0 Å². The van der Waals surface area contributed by atoms with Gasteiger partial charge in [0.05, 0.1) is 6.54 Å². The summed E-state index contributed by atoms with van der Waals surface area (Å²) in [6.07, 6.45) is 2.43. The zero-order chi connectivity index (χ0) is 18.6. The molecule has 9 heteroatoms. The van der Waals surface area contributed by atoms with Crippen molar-refractivity contribution in [2.24, 2.45) is 0 Å². The van der Waals surface area contributed by atoms with Gasteiger partial charge in [-0.15, -0.1) is 11.3 Å². The SMILES string of the molecule is CCCCCN(CC(=O)NO)S(=O)(=O)c1sc2ccc(Cl)cc2c1C. The third-order valence-corrected chi connectivity index (χ3v) is 7.84. The monoisotopic (exact) mass is 404 g/mol. The Morgan fingerprint density at radius 1 is 1.36 bits per heavy atom. The molecule has 0 atom stereocenters. The molecule has 0 radical (unpaired) electrons. The summed E-state index contributed by atoms with van der Waals surface area (Å²) in [6.45, 7) is 3.55. The molecule has 0 aliphatic carbocycles. The van der Waals surface area contributed by atoms with Crippen LogP contribution in [0.5, 0.6) is 0 Å². The summed E-state index contributed by atoms with van der Waals surface area (Å²) in [6, 6.07) is 5.24. The molecule has 138 valence electrons. The van der Waals surface area contributed by atoms with Crippen molar-refractivity contribution in [1.29, 1.82) is 0 Å². The van der Waals surface area contributed by atoms with Crippen LogP contribution in [0.25, 0.3) is 10.1 Å². The molecule has 0 bridgehead atoms. The molecule has 0 aliphatic rings. The van der Waals surface area contributed by atoms with Gasteiger partial charge < -0.3 is 0 Å². The Bertz CT molecular complexity index is 864. The summed E-state index contributed by atoms with van der Waals surface area (Å²) < 4.78 is 28.3. The van der Waals surface area contributed by atoms with E-state index in [1.165, 1.54) is 5.48 Å². The van der Waals surface area contributed by atoms with E-state index in [0.29, 0.717) is 17.0 Å². The fourth-order valence-corrected chi connectivity index (χ4v) is 6.04. The first-order chi connectivity index (χ1) is 11.8. The highest BCUT2D eigenvalue weighted by Crippen LogP contribution is 2.37.